The first-order valence-electron chi connectivity index (χ1n) is 10.1. The van der Waals surface area contributed by atoms with Crippen molar-refractivity contribution in [2.75, 3.05) is 32.6 Å². The van der Waals surface area contributed by atoms with Crippen LogP contribution in [0.1, 0.15) is 30.4 Å². The van der Waals surface area contributed by atoms with Gasteiger partial charge in [0, 0.05) is 23.7 Å². The average Bonchev–Trinajstić information content (AvgIpc) is 2.72. The van der Waals surface area contributed by atoms with E-state index in [1.807, 2.05) is 12.1 Å². The van der Waals surface area contributed by atoms with Gasteiger partial charge in [-0.05, 0) is 63.0 Å². The molecule has 6 nitrogen and oxygen atoms in total. The Hall–Kier alpha value is -2.86. The molecule has 152 valence electrons. The molecule has 1 aliphatic heterocycles. The molecule has 0 atom stereocenters. The van der Waals surface area contributed by atoms with E-state index in [1.165, 1.54) is 11.1 Å². The summed E-state index contributed by atoms with van der Waals surface area (Å²) in [5, 5.41) is 4.47. The molecule has 1 aliphatic rings. The molecule has 0 saturated heterocycles. The zero-order valence-corrected chi connectivity index (χ0v) is 17.4. The normalized spacial score (nSPS) is 15.7. The fourth-order valence-electron chi connectivity index (χ4n) is 3.72. The Morgan fingerprint density at radius 3 is 2.86 bits per heavy atom. The topological polar surface area (TPSA) is 59.5 Å². The molecular weight excluding hydrogens is 364 g/mol. The quantitative estimate of drug-likeness (QED) is 0.649. The summed E-state index contributed by atoms with van der Waals surface area (Å²) in [6.45, 7) is 4.72. The van der Waals surface area contributed by atoms with Crippen LogP contribution in [0, 0.1) is 6.92 Å². The Morgan fingerprint density at radius 1 is 1.10 bits per heavy atom. The molecule has 0 unspecified atom stereocenters. The van der Waals surface area contributed by atoms with E-state index in [0.717, 1.165) is 60.5 Å². The van der Waals surface area contributed by atoms with Crippen LogP contribution in [0.3, 0.4) is 0 Å². The first kappa shape index (κ1) is 19.5. The Morgan fingerprint density at radius 2 is 2.00 bits per heavy atom. The van der Waals surface area contributed by atoms with Gasteiger partial charge in [0.25, 0.3) is 0 Å². The summed E-state index contributed by atoms with van der Waals surface area (Å²) in [6.07, 6.45) is 4.88. The van der Waals surface area contributed by atoms with E-state index in [9.17, 15) is 0 Å². The molecule has 1 aromatic heterocycles. The maximum absolute atomic E-state index is 6.06. The standard InChI is InChI=1S/C23H28N4O2/c1-16-7-8-17-14-27(2)9-5-4-6-10-29-22-12-18-20(13-21(22)28-3)24-15-25-23(18)26-19(17)11-16/h7-8,11-13,15H,4-6,9-10,14H2,1-3H3,(H,24,25,26). The van der Waals surface area contributed by atoms with E-state index in [2.05, 4.69) is 52.4 Å². The van der Waals surface area contributed by atoms with Crippen LogP contribution in [-0.2, 0) is 6.54 Å². The van der Waals surface area contributed by atoms with Crippen molar-refractivity contribution in [3.63, 3.8) is 0 Å². The van der Waals surface area contributed by atoms with Crippen LogP contribution in [0.15, 0.2) is 36.7 Å². The molecule has 0 saturated carbocycles. The Kier molecular flexibility index (Phi) is 5.81. The van der Waals surface area contributed by atoms with Gasteiger partial charge in [-0.25, -0.2) is 9.97 Å². The number of hydrogen-bond acceptors (Lipinski definition) is 6. The van der Waals surface area contributed by atoms with Gasteiger partial charge < -0.3 is 19.7 Å². The van der Waals surface area contributed by atoms with E-state index in [-0.39, 0.29) is 0 Å². The predicted molar refractivity (Wildman–Crippen MR) is 116 cm³/mol. The highest BCUT2D eigenvalue weighted by atomic mass is 16.5. The van der Waals surface area contributed by atoms with Crippen LogP contribution in [0.5, 0.6) is 11.5 Å². The largest absolute Gasteiger partial charge is 0.493 e. The fourth-order valence-corrected chi connectivity index (χ4v) is 3.72. The molecule has 0 amide bonds. The summed E-state index contributed by atoms with van der Waals surface area (Å²) in [4.78, 5) is 11.3. The van der Waals surface area contributed by atoms with Gasteiger partial charge >= 0.3 is 0 Å². The fraction of sp³-hybridized carbons (Fsp3) is 0.391. The van der Waals surface area contributed by atoms with Gasteiger partial charge in [-0.3, -0.25) is 0 Å². The lowest BCUT2D eigenvalue weighted by atomic mass is 10.1. The number of aromatic nitrogens is 2. The van der Waals surface area contributed by atoms with Gasteiger partial charge in [0.2, 0.25) is 0 Å². The summed E-state index contributed by atoms with van der Waals surface area (Å²) < 4.78 is 11.6. The average molecular weight is 393 g/mol. The van der Waals surface area contributed by atoms with Crippen LogP contribution < -0.4 is 14.8 Å². The summed E-state index contributed by atoms with van der Waals surface area (Å²) in [6, 6.07) is 10.4. The highest BCUT2D eigenvalue weighted by Gasteiger charge is 2.14. The number of anilines is 2. The number of rotatable bonds is 1. The van der Waals surface area contributed by atoms with E-state index in [1.54, 1.807) is 13.4 Å². The SMILES string of the molecule is COc1cc2ncnc3c2cc1OCCCCCN(C)Cc1ccc(C)cc1N3. The molecule has 2 aromatic carbocycles. The van der Waals surface area contributed by atoms with Gasteiger partial charge in [0.05, 0.1) is 19.2 Å². The minimum atomic E-state index is 0.668. The Bertz CT molecular complexity index is 1010. The predicted octanol–water partition coefficient (Wildman–Crippen LogP) is 4.68. The van der Waals surface area contributed by atoms with Crippen LogP contribution >= 0.6 is 0 Å². The van der Waals surface area contributed by atoms with Crippen molar-refractivity contribution in [2.45, 2.75) is 32.7 Å². The van der Waals surface area contributed by atoms with E-state index in [4.69, 9.17) is 9.47 Å². The first-order chi connectivity index (χ1) is 14.1. The highest BCUT2D eigenvalue weighted by molar-refractivity contribution is 5.93. The van der Waals surface area contributed by atoms with Gasteiger partial charge in [0.15, 0.2) is 11.5 Å². The maximum Gasteiger partial charge on any atom is 0.162 e. The highest BCUT2D eigenvalue weighted by Crippen LogP contribution is 2.35. The number of aryl methyl sites for hydroxylation is 1. The maximum atomic E-state index is 6.06. The zero-order valence-electron chi connectivity index (χ0n) is 17.4. The number of fused-ring (bicyclic) bond motifs is 2. The molecule has 2 heterocycles. The molecule has 3 aromatic rings. The van der Waals surface area contributed by atoms with Crippen molar-refractivity contribution in [2.24, 2.45) is 0 Å². The van der Waals surface area contributed by atoms with Crippen molar-refractivity contribution in [1.82, 2.24) is 14.9 Å². The van der Waals surface area contributed by atoms with Crippen LogP contribution in [0.25, 0.3) is 10.9 Å². The minimum absolute atomic E-state index is 0.668. The van der Waals surface area contributed by atoms with Gasteiger partial charge in [-0.15, -0.1) is 0 Å². The number of nitrogens with zero attached hydrogens (tertiary/aromatic N) is 3. The van der Waals surface area contributed by atoms with Gasteiger partial charge in [0.1, 0.15) is 12.1 Å². The van der Waals surface area contributed by atoms with Crippen molar-refractivity contribution < 1.29 is 9.47 Å². The smallest absolute Gasteiger partial charge is 0.162 e. The van der Waals surface area contributed by atoms with Crippen molar-refractivity contribution in [3.8, 4) is 11.5 Å². The second-order valence-corrected chi connectivity index (χ2v) is 7.67. The van der Waals surface area contributed by atoms with Crippen LogP contribution in [-0.4, -0.2) is 42.2 Å². The van der Waals surface area contributed by atoms with Crippen molar-refractivity contribution >= 4 is 22.4 Å². The lowest BCUT2D eigenvalue weighted by Crippen LogP contribution is -2.20. The number of hydrogen-bond donors (Lipinski definition) is 1. The molecule has 1 N–H and O–H groups in total. The number of ether oxygens (including phenoxy) is 2. The molecule has 4 rings (SSSR count). The monoisotopic (exact) mass is 392 g/mol. The molecular formula is C23H28N4O2. The van der Waals surface area contributed by atoms with Crippen LogP contribution in [0.2, 0.25) is 0 Å². The Balaban J connectivity index is 1.82. The number of methoxy groups -OCH3 is 1. The molecule has 6 heteroatoms. The first-order valence-corrected chi connectivity index (χ1v) is 10.1. The molecule has 0 radical (unpaired) electrons. The van der Waals surface area contributed by atoms with E-state index in [0.29, 0.717) is 12.4 Å². The second-order valence-electron chi connectivity index (χ2n) is 7.67. The lowest BCUT2D eigenvalue weighted by Gasteiger charge is -2.20. The molecule has 29 heavy (non-hydrogen) atoms. The summed E-state index contributed by atoms with van der Waals surface area (Å²) in [5.41, 5.74) is 4.36. The van der Waals surface area contributed by atoms with E-state index < -0.39 is 0 Å². The third-order valence-corrected chi connectivity index (χ3v) is 5.32. The molecule has 0 fully saturated rings. The number of nitrogens with one attached hydrogen (secondary N) is 1. The van der Waals surface area contributed by atoms with Crippen LogP contribution in [0.4, 0.5) is 11.5 Å². The zero-order chi connectivity index (χ0) is 20.2. The summed E-state index contributed by atoms with van der Waals surface area (Å²) >= 11 is 0. The number of benzene rings is 2. The lowest BCUT2D eigenvalue weighted by molar-refractivity contribution is 0.275. The van der Waals surface area contributed by atoms with Gasteiger partial charge in [-0.2, -0.15) is 0 Å². The summed E-state index contributed by atoms with van der Waals surface area (Å²) in [5.74, 6) is 2.20. The summed E-state index contributed by atoms with van der Waals surface area (Å²) in [7, 11) is 3.83. The van der Waals surface area contributed by atoms with Crippen molar-refractivity contribution in [3.05, 3.63) is 47.8 Å². The Labute approximate surface area is 171 Å². The van der Waals surface area contributed by atoms with E-state index >= 15 is 0 Å². The van der Waals surface area contributed by atoms with Crippen molar-refractivity contribution in [1.29, 1.82) is 0 Å². The molecule has 0 spiro atoms. The minimum Gasteiger partial charge on any atom is -0.493 e. The van der Waals surface area contributed by atoms with Gasteiger partial charge in [-0.1, -0.05) is 12.1 Å². The molecule has 0 aliphatic carbocycles. The third kappa shape index (κ3) is 4.43. The second kappa shape index (κ2) is 8.66. The molecule has 2 bridgehead atoms. The third-order valence-electron chi connectivity index (χ3n) is 5.32.